The topological polar surface area (TPSA) is 42.0 Å². The summed E-state index contributed by atoms with van der Waals surface area (Å²) in [5.74, 6) is 0. The second-order valence-electron chi connectivity index (χ2n) is 5.78. The third-order valence-corrected chi connectivity index (χ3v) is 4.99. The second-order valence-corrected chi connectivity index (χ2v) is 8.14. The zero-order valence-corrected chi connectivity index (χ0v) is 13.7. The summed E-state index contributed by atoms with van der Waals surface area (Å²) in [5, 5.41) is 1.48. The average molecular weight is 311 g/mol. The summed E-state index contributed by atoms with van der Waals surface area (Å²) in [4.78, 5) is 4.39. The minimum absolute atomic E-state index is 0.125. The third kappa shape index (κ3) is 3.37. The zero-order valence-electron chi connectivity index (χ0n) is 12.1. The van der Waals surface area contributed by atoms with Gasteiger partial charge in [0.25, 0.3) is 0 Å². The SMILES string of the molecule is CC(N[S@@](=O)C(C)(C)C)c1cc2ccccc2nc1Cl. The third-order valence-electron chi connectivity index (χ3n) is 3.01. The first-order valence-corrected chi connectivity index (χ1v) is 8.05. The van der Waals surface area contributed by atoms with Gasteiger partial charge in [-0.25, -0.2) is 13.9 Å². The van der Waals surface area contributed by atoms with Crippen LogP contribution in [-0.2, 0) is 11.0 Å². The van der Waals surface area contributed by atoms with E-state index < -0.39 is 11.0 Å². The van der Waals surface area contributed by atoms with Crippen molar-refractivity contribution in [3.63, 3.8) is 0 Å². The van der Waals surface area contributed by atoms with Crippen molar-refractivity contribution in [2.45, 2.75) is 38.5 Å². The molecule has 1 N–H and O–H groups in total. The molecule has 0 radical (unpaired) electrons. The van der Waals surface area contributed by atoms with E-state index in [4.69, 9.17) is 11.6 Å². The van der Waals surface area contributed by atoms with Gasteiger partial charge in [-0.15, -0.1) is 0 Å². The van der Waals surface area contributed by atoms with E-state index in [0.717, 1.165) is 16.5 Å². The largest absolute Gasteiger partial charge is 0.242 e. The summed E-state index contributed by atoms with van der Waals surface area (Å²) < 4.78 is 14.9. The molecule has 0 spiro atoms. The smallest absolute Gasteiger partial charge is 0.134 e. The highest BCUT2D eigenvalue weighted by Gasteiger charge is 2.23. The van der Waals surface area contributed by atoms with E-state index in [2.05, 4.69) is 9.71 Å². The number of benzene rings is 1. The lowest BCUT2D eigenvalue weighted by Gasteiger charge is -2.22. The van der Waals surface area contributed by atoms with Crippen molar-refractivity contribution in [1.82, 2.24) is 9.71 Å². The van der Waals surface area contributed by atoms with Crippen molar-refractivity contribution in [2.24, 2.45) is 0 Å². The van der Waals surface area contributed by atoms with E-state index in [0.29, 0.717) is 5.15 Å². The summed E-state index contributed by atoms with van der Waals surface area (Å²) in [5.41, 5.74) is 1.73. The lowest BCUT2D eigenvalue weighted by molar-refractivity contribution is 0.616. The van der Waals surface area contributed by atoms with E-state index in [1.165, 1.54) is 0 Å². The van der Waals surface area contributed by atoms with Gasteiger partial charge in [-0.1, -0.05) is 29.8 Å². The molecule has 20 heavy (non-hydrogen) atoms. The molecule has 0 fully saturated rings. The van der Waals surface area contributed by atoms with Gasteiger partial charge in [0.05, 0.1) is 21.2 Å². The number of hydrogen-bond acceptors (Lipinski definition) is 2. The molecule has 2 atom stereocenters. The molecule has 0 bridgehead atoms. The average Bonchev–Trinajstić information content (AvgIpc) is 2.36. The molecule has 0 amide bonds. The molecule has 5 heteroatoms. The van der Waals surface area contributed by atoms with Crippen LogP contribution >= 0.6 is 11.6 Å². The van der Waals surface area contributed by atoms with Crippen LogP contribution in [-0.4, -0.2) is 13.9 Å². The van der Waals surface area contributed by atoms with Gasteiger partial charge < -0.3 is 0 Å². The number of nitrogens with zero attached hydrogens (tertiary/aromatic N) is 1. The van der Waals surface area contributed by atoms with Crippen LogP contribution in [0.25, 0.3) is 10.9 Å². The standard InChI is InChI=1S/C15H19ClN2OS/c1-10(18-20(19)15(2,3)4)12-9-11-7-5-6-8-13(11)17-14(12)16/h5-10,18H,1-4H3/t10?,20-/m0/s1. The van der Waals surface area contributed by atoms with E-state index in [-0.39, 0.29) is 10.8 Å². The molecule has 108 valence electrons. The molecular weight excluding hydrogens is 292 g/mol. The molecule has 0 saturated heterocycles. The highest BCUT2D eigenvalue weighted by molar-refractivity contribution is 7.84. The van der Waals surface area contributed by atoms with Crippen LogP contribution in [0.4, 0.5) is 0 Å². The van der Waals surface area contributed by atoms with Crippen LogP contribution < -0.4 is 4.72 Å². The summed E-state index contributed by atoms with van der Waals surface area (Å²) >= 11 is 6.25. The Morgan fingerprint density at radius 3 is 2.60 bits per heavy atom. The maximum absolute atomic E-state index is 12.2. The van der Waals surface area contributed by atoms with Crippen LogP contribution in [0.5, 0.6) is 0 Å². The fourth-order valence-electron chi connectivity index (χ4n) is 1.81. The lowest BCUT2D eigenvalue weighted by atomic mass is 10.1. The normalized spacial score (nSPS) is 15.2. The Bertz CT molecular complexity index is 652. The van der Waals surface area contributed by atoms with Gasteiger partial charge in [0.15, 0.2) is 0 Å². The predicted octanol–water partition coefficient (Wildman–Crippen LogP) is 4.00. The molecule has 1 unspecified atom stereocenters. The minimum atomic E-state index is -1.15. The Kier molecular flexibility index (Phi) is 4.47. The number of aromatic nitrogens is 1. The fourth-order valence-corrected chi connectivity index (χ4v) is 2.92. The molecule has 0 aliphatic heterocycles. The second kappa shape index (κ2) is 5.80. The Morgan fingerprint density at radius 2 is 1.95 bits per heavy atom. The van der Waals surface area contributed by atoms with Crippen molar-refractivity contribution in [1.29, 1.82) is 0 Å². The maximum Gasteiger partial charge on any atom is 0.134 e. The van der Waals surface area contributed by atoms with Gasteiger partial charge in [-0.05, 0) is 39.8 Å². The lowest BCUT2D eigenvalue weighted by Crippen LogP contribution is -2.34. The van der Waals surface area contributed by atoms with Crippen molar-refractivity contribution in [3.8, 4) is 0 Å². The molecule has 1 heterocycles. The Balaban J connectivity index is 2.32. The van der Waals surface area contributed by atoms with E-state index in [1.807, 2.05) is 58.0 Å². The van der Waals surface area contributed by atoms with Gasteiger partial charge in [0.2, 0.25) is 0 Å². The first kappa shape index (κ1) is 15.4. The van der Waals surface area contributed by atoms with Gasteiger partial charge in [-0.2, -0.15) is 0 Å². The highest BCUT2D eigenvalue weighted by Crippen LogP contribution is 2.26. The fraction of sp³-hybridized carbons (Fsp3) is 0.400. The Labute approximate surface area is 127 Å². The van der Waals surface area contributed by atoms with Crippen LogP contribution in [0.3, 0.4) is 0 Å². The molecule has 0 aliphatic carbocycles. The summed E-state index contributed by atoms with van der Waals surface area (Å²) in [6.45, 7) is 7.75. The van der Waals surface area contributed by atoms with E-state index in [1.54, 1.807) is 0 Å². The number of hydrogen-bond donors (Lipinski definition) is 1. The molecule has 2 rings (SSSR count). The van der Waals surface area contributed by atoms with Crippen LogP contribution in [0.2, 0.25) is 5.15 Å². The predicted molar refractivity (Wildman–Crippen MR) is 86.2 cm³/mol. The first-order chi connectivity index (χ1) is 9.29. The molecule has 1 aromatic carbocycles. The van der Waals surface area contributed by atoms with Crippen molar-refractivity contribution in [2.75, 3.05) is 0 Å². The molecule has 0 saturated carbocycles. The van der Waals surface area contributed by atoms with Gasteiger partial charge in [-0.3, -0.25) is 0 Å². The van der Waals surface area contributed by atoms with Crippen LogP contribution in [0, 0.1) is 0 Å². The van der Waals surface area contributed by atoms with Gasteiger partial charge in [0, 0.05) is 17.0 Å². The Hall–Kier alpha value is -0.970. The van der Waals surface area contributed by atoms with Crippen molar-refractivity contribution in [3.05, 3.63) is 41.0 Å². The zero-order chi connectivity index (χ0) is 14.9. The van der Waals surface area contributed by atoms with E-state index >= 15 is 0 Å². The number of fused-ring (bicyclic) bond motifs is 1. The van der Waals surface area contributed by atoms with Crippen LogP contribution in [0.1, 0.15) is 39.3 Å². The van der Waals surface area contributed by atoms with E-state index in [9.17, 15) is 4.21 Å². The number of rotatable bonds is 3. The monoisotopic (exact) mass is 310 g/mol. The van der Waals surface area contributed by atoms with Crippen molar-refractivity contribution >= 4 is 33.5 Å². The molecule has 1 aromatic heterocycles. The summed E-state index contributed by atoms with van der Waals surface area (Å²) in [7, 11) is -1.15. The minimum Gasteiger partial charge on any atom is -0.242 e. The number of para-hydroxylation sites is 1. The molecule has 0 aliphatic rings. The first-order valence-electron chi connectivity index (χ1n) is 6.52. The Morgan fingerprint density at radius 1 is 1.30 bits per heavy atom. The van der Waals surface area contributed by atoms with Crippen molar-refractivity contribution < 1.29 is 4.21 Å². The molecule has 2 aromatic rings. The van der Waals surface area contributed by atoms with Gasteiger partial charge in [0.1, 0.15) is 5.15 Å². The highest BCUT2D eigenvalue weighted by atomic mass is 35.5. The summed E-state index contributed by atoms with van der Waals surface area (Å²) in [6.07, 6.45) is 0. The number of nitrogens with one attached hydrogen (secondary N) is 1. The quantitative estimate of drug-likeness (QED) is 0.871. The molecule has 3 nitrogen and oxygen atoms in total. The maximum atomic E-state index is 12.2. The summed E-state index contributed by atoms with van der Waals surface area (Å²) in [6, 6.07) is 9.70. The number of pyridine rings is 1. The molecular formula is C15H19ClN2OS. The number of halogens is 1. The van der Waals surface area contributed by atoms with Gasteiger partial charge >= 0.3 is 0 Å². The van der Waals surface area contributed by atoms with Crippen LogP contribution in [0.15, 0.2) is 30.3 Å².